The summed E-state index contributed by atoms with van der Waals surface area (Å²) in [6, 6.07) is -2.26. The number of amides is 1. The fourth-order valence-electron chi connectivity index (χ4n) is 1.54. The molecule has 0 rings (SSSR count). The van der Waals surface area contributed by atoms with Crippen LogP contribution in [0.4, 0.5) is 13.2 Å². The number of alkyl halides is 3. The van der Waals surface area contributed by atoms with Gasteiger partial charge in [-0.15, -0.1) is 0 Å². The van der Waals surface area contributed by atoms with Gasteiger partial charge in [0.1, 0.15) is 6.04 Å². The molecule has 7 heteroatoms. The molecule has 0 spiro atoms. The van der Waals surface area contributed by atoms with E-state index in [9.17, 15) is 22.8 Å². The predicted octanol–water partition coefficient (Wildman–Crippen LogP) is 2.04. The molecule has 0 aromatic rings. The molecule has 0 heterocycles. The zero-order valence-electron chi connectivity index (χ0n) is 9.91. The van der Waals surface area contributed by atoms with Crippen molar-refractivity contribution in [3.8, 4) is 0 Å². The van der Waals surface area contributed by atoms with Crippen LogP contribution in [0.25, 0.3) is 0 Å². The standard InChI is InChI=1S/C10H16F3NO3/c1-4-5-7(8(15)16)14(6(2)3)9(17)10(11,12)13/h6-7H,4-5H2,1-3H3,(H,15,16). The van der Waals surface area contributed by atoms with Crippen LogP contribution >= 0.6 is 0 Å². The molecule has 1 unspecified atom stereocenters. The lowest BCUT2D eigenvalue weighted by Gasteiger charge is -2.32. The monoisotopic (exact) mass is 255 g/mol. The second-order valence-corrected chi connectivity index (χ2v) is 3.95. The Bertz CT molecular complexity index is 289. The summed E-state index contributed by atoms with van der Waals surface area (Å²) in [7, 11) is 0. The molecule has 0 saturated heterocycles. The molecule has 0 aliphatic carbocycles. The molecule has 1 N–H and O–H groups in total. The topological polar surface area (TPSA) is 57.6 Å². The van der Waals surface area contributed by atoms with E-state index < -0.39 is 30.1 Å². The Kier molecular flexibility index (Phi) is 5.44. The van der Waals surface area contributed by atoms with Gasteiger partial charge in [-0.05, 0) is 20.3 Å². The maximum atomic E-state index is 12.3. The largest absolute Gasteiger partial charge is 0.480 e. The van der Waals surface area contributed by atoms with Crippen molar-refractivity contribution in [2.75, 3.05) is 0 Å². The van der Waals surface area contributed by atoms with Gasteiger partial charge in [0.25, 0.3) is 0 Å². The minimum atomic E-state index is -5.05. The van der Waals surface area contributed by atoms with Crippen molar-refractivity contribution in [2.24, 2.45) is 0 Å². The van der Waals surface area contributed by atoms with Gasteiger partial charge in [-0.1, -0.05) is 13.3 Å². The number of hydrogen-bond acceptors (Lipinski definition) is 2. The van der Waals surface area contributed by atoms with E-state index in [1.165, 1.54) is 13.8 Å². The van der Waals surface area contributed by atoms with Crippen molar-refractivity contribution in [1.82, 2.24) is 4.90 Å². The van der Waals surface area contributed by atoms with Crippen LogP contribution < -0.4 is 0 Å². The SMILES string of the molecule is CCCC(C(=O)O)N(C(=O)C(F)(F)F)C(C)C. The molecule has 0 radical (unpaired) electrons. The van der Waals surface area contributed by atoms with E-state index in [2.05, 4.69) is 0 Å². The van der Waals surface area contributed by atoms with Crippen LogP contribution in [0, 0.1) is 0 Å². The molecule has 0 saturated carbocycles. The van der Waals surface area contributed by atoms with Crippen molar-refractivity contribution < 1.29 is 27.9 Å². The molecule has 0 bridgehead atoms. The highest BCUT2D eigenvalue weighted by molar-refractivity contribution is 5.87. The van der Waals surface area contributed by atoms with Crippen molar-refractivity contribution in [1.29, 1.82) is 0 Å². The van der Waals surface area contributed by atoms with Crippen molar-refractivity contribution in [2.45, 2.75) is 51.9 Å². The average Bonchev–Trinajstić information content (AvgIpc) is 2.14. The van der Waals surface area contributed by atoms with Gasteiger partial charge in [-0.3, -0.25) is 4.79 Å². The molecule has 0 aliphatic heterocycles. The van der Waals surface area contributed by atoms with E-state index in [4.69, 9.17) is 5.11 Å². The van der Waals surface area contributed by atoms with E-state index in [1.54, 1.807) is 6.92 Å². The van der Waals surface area contributed by atoms with E-state index in [0.29, 0.717) is 11.3 Å². The number of hydrogen-bond donors (Lipinski definition) is 1. The highest BCUT2D eigenvalue weighted by atomic mass is 19.4. The third-order valence-electron chi connectivity index (χ3n) is 2.22. The fourth-order valence-corrected chi connectivity index (χ4v) is 1.54. The third-order valence-corrected chi connectivity index (χ3v) is 2.22. The number of nitrogens with zero attached hydrogens (tertiary/aromatic N) is 1. The second kappa shape index (κ2) is 5.88. The Morgan fingerprint density at radius 2 is 1.76 bits per heavy atom. The number of carbonyl (C=O) groups is 2. The van der Waals surface area contributed by atoms with E-state index in [0.717, 1.165) is 0 Å². The predicted molar refractivity (Wildman–Crippen MR) is 54.4 cm³/mol. The summed E-state index contributed by atoms with van der Waals surface area (Å²) in [5.74, 6) is -3.52. The highest BCUT2D eigenvalue weighted by Gasteiger charge is 2.46. The van der Waals surface area contributed by atoms with E-state index in [1.807, 2.05) is 0 Å². The summed E-state index contributed by atoms with van der Waals surface area (Å²) >= 11 is 0. The molecule has 0 aromatic heterocycles. The lowest BCUT2D eigenvalue weighted by atomic mass is 10.1. The Hall–Kier alpha value is -1.27. The molecule has 0 fully saturated rings. The van der Waals surface area contributed by atoms with Gasteiger partial charge in [0, 0.05) is 6.04 Å². The summed E-state index contributed by atoms with van der Waals surface area (Å²) < 4.78 is 37.0. The van der Waals surface area contributed by atoms with E-state index in [-0.39, 0.29) is 6.42 Å². The Balaban J connectivity index is 5.20. The number of aliphatic carboxylic acids is 1. The minimum absolute atomic E-state index is 0.00463. The van der Waals surface area contributed by atoms with Crippen LogP contribution in [0.2, 0.25) is 0 Å². The first kappa shape index (κ1) is 15.7. The Labute approximate surface area is 97.4 Å². The van der Waals surface area contributed by atoms with Crippen molar-refractivity contribution in [3.63, 3.8) is 0 Å². The lowest BCUT2D eigenvalue weighted by molar-refractivity contribution is -0.192. The van der Waals surface area contributed by atoms with Crippen LogP contribution in [0.1, 0.15) is 33.6 Å². The van der Waals surface area contributed by atoms with Crippen LogP contribution in [0.3, 0.4) is 0 Å². The van der Waals surface area contributed by atoms with Gasteiger partial charge in [-0.25, -0.2) is 4.79 Å². The molecule has 100 valence electrons. The Morgan fingerprint density at radius 3 is 2.00 bits per heavy atom. The minimum Gasteiger partial charge on any atom is -0.480 e. The smallest absolute Gasteiger partial charge is 0.471 e. The maximum Gasteiger partial charge on any atom is 0.471 e. The molecule has 1 amide bonds. The summed E-state index contributed by atoms with van der Waals surface area (Å²) in [5, 5.41) is 8.88. The molecule has 4 nitrogen and oxygen atoms in total. The molecular formula is C10H16F3NO3. The van der Waals surface area contributed by atoms with Crippen LogP contribution in [0.15, 0.2) is 0 Å². The van der Waals surface area contributed by atoms with Gasteiger partial charge in [0.2, 0.25) is 0 Å². The van der Waals surface area contributed by atoms with Crippen LogP contribution in [-0.4, -0.2) is 40.1 Å². The summed E-state index contributed by atoms with van der Waals surface area (Å²) in [4.78, 5) is 22.5. The van der Waals surface area contributed by atoms with Crippen LogP contribution in [-0.2, 0) is 9.59 Å². The van der Waals surface area contributed by atoms with Crippen molar-refractivity contribution >= 4 is 11.9 Å². The average molecular weight is 255 g/mol. The van der Waals surface area contributed by atoms with Crippen molar-refractivity contribution in [3.05, 3.63) is 0 Å². The number of halogens is 3. The Morgan fingerprint density at radius 1 is 1.29 bits per heavy atom. The normalized spacial score (nSPS) is 13.6. The first-order valence-corrected chi connectivity index (χ1v) is 5.25. The summed E-state index contributed by atoms with van der Waals surface area (Å²) in [6.07, 6.45) is -4.67. The summed E-state index contributed by atoms with van der Waals surface area (Å²) in [6.45, 7) is 4.36. The first-order chi connectivity index (χ1) is 7.62. The van der Waals surface area contributed by atoms with E-state index >= 15 is 0 Å². The number of rotatable bonds is 5. The number of carbonyl (C=O) groups excluding carboxylic acids is 1. The lowest BCUT2D eigenvalue weighted by Crippen LogP contribution is -2.53. The number of carboxylic acids is 1. The van der Waals surface area contributed by atoms with Gasteiger partial charge in [-0.2, -0.15) is 13.2 Å². The maximum absolute atomic E-state index is 12.3. The van der Waals surface area contributed by atoms with Crippen LogP contribution in [0.5, 0.6) is 0 Å². The molecule has 0 aliphatic rings. The first-order valence-electron chi connectivity index (χ1n) is 5.25. The fraction of sp³-hybridized carbons (Fsp3) is 0.800. The highest BCUT2D eigenvalue weighted by Crippen LogP contribution is 2.23. The quantitative estimate of drug-likeness (QED) is 0.817. The third kappa shape index (κ3) is 4.24. The zero-order valence-corrected chi connectivity index (χ0v) is 9.91. The molecule has 1 atom stereocenters. The van der Waals surface area contributed by atoms with Gasteiger partial charge >= 0.3 is 18.1 Å². The van der Waals surface area contributed by atoms with Gasteiger partial charge < -0.3 is 10.0 Å². The second-order valence-electron chi connectivity index (χ2n) is 3.95. The zero-order chi connectivity index (χ0) is 13.8. The van der Waals surface area contributed by atoms with Gasteiger partial charge in [0.15, 0.2) is 0 Å². The molecular weight excluding hydrogens is 239 g/mol. The molecule has 0 aromatic carbocycles. The molecule has 17 heavy (non-hydrogen) atoms. The van der Waals surface area contributed by atoms with Gasteiger partial charge in [0.05, 0.1) is 0 Å². The number of carboxylic acid groups (broad SMARTS) is 1. The summed E-state index contributed by atoms with van der Waals surface area (Å²) in [5.41, 5.74) is 0.